The third-order valence-electron chi connectivity index (χ3n) is 4.75. The van der Waals surface area contributed by atoms with Crippen molar-refractivity contribution in [3.8, 4) is 0 Å². The van der Waals surface area contributed by atoms with Gasteiger partial charge in [-0.15, -0.1) is 5.10 Å². The standard InChI is InChI=1S/C18H23N7O/c1-13-9-12-25(23-13)15-7-5-14(6-8-15)16(26)19-17-20-18(22-21-17)24-10-3-2-4-11-24/h5-8H,2-4,9-12H2,1H3,(H2,19,20,21,22,26). The highest BCUT2D eigenvalue weighted by molar-refractivity contribution is 6.03. The number of H-pyrrole nitrogens is 1. The fourth-order valence-corrected chi connectivity index (χ4v) is 3.27. The molecule has 8 heteroatoms. The Morgan fingerprint density at radius 3 is 2.58 bits per heavy atom. The molecule has 26 heavy (non-hydrogen) atoms. The van der Waals surface area contributed by atoms with Crippen molar-refractivity contribution in [2.24, 2.45) is 5.10 Å². The van der Waals surface area contributed by atoms with Crippen molar-refractivity contribution in [3.05, 3.63) is 29.8 Å². The van der Waals surface area contributed by atoms with Crippen LogP contribution >= 0.6 is 0 Å². The average Bonchev–Trinajstić information content (AvgIpc) is 3.32. The molecule has 1 amide bonds. The van der Waals surface area contributed by atoms with E-state index in [1.165, 1.54) is 6.42 Å². The summed E-state index contributed by atoms with van der Waals surface area (Å²) in [5, 5.41) is 16.2. The number of hydrogen-bond donors (Lipinski definition) is 2. The SMILES string of the molecule is CC1=NN(c2ccc(C(=O)Nc3nc(N4CCCCC4)n[nH]3)cc2)CC1. The van der Waals surface area contributed by atoms with E-state index in [4.69, 9.17) is 0 Å². The summed E-state index contributed by atoms with van der Waals surface area (Å²) in [4.78, 5) is 19.0. The zero-order chi connectivity index (χ0) is 17.9. The molecule has 1 saturated heterocycles. The third kappa shape index (κ3) is 3.54. The predicted molar refractivity (Wildman–Crippen MR) is 102 cm³/mol. The van der Waals surface area contributed by atoms with Crippen LogP contribution in [0.5, 0.6) is 0 Å². The number of hydrazone groups is 1. The number of nitrogens with zero attached hydrogens (tertiary/aromatic N) is 5. The second-order valence-electron chi connectivity index (χ2n) is 6.74. The second-order valence-corrected chi connectivity index (χ2v) is 6.74. The zero-order valence-electron chi connectivity index (χ0n) is 14.9. The number of carbonyl (C=O) groups excluding carboxylic acids is 1. The molecule has 0 spiro atoms. The van der Waals surface area contributed by atoms with E-state index in [2.05, 4.69) is 30.5 Å². The number of piperidine rings is 1. The predicted octanol–water partition coefficient (Wildman–Crippen LogP) is 2.63. The highest BCUT2D eigenvalue weighted by Crippen LogP contribution is 2.21. The molecule has 2 aliphatic rings. The Hall–Kier alpha value is -2.90. The number of benzene rings is 1. The molecule has 0 radical (unpaired) electrons. The van der Waals surface area contributed by atoms with Gasteiger partial charge in [0.25, 0.3) is 5.91 Å². The van der Waals surface area contributed by atoms with Gasteiger partial charge in [-0.2, -0.15) is 10.1 Å². The van der Waals surface area contributed by atoms with Crippen molar-refractivity contribution >= 4 is 29.2 Å². The molecule has 136 valence electrons. The molecule has 0 atom stereocenters. The van der Waals surface area contributed by atoms with Crippen molar-refractivity contribution in [1.29, 1.82) is 0 Å². The number of anilines is 3. The van der Waals surface area contributed by atoms with E-state index < -0.39 is 0 Å². The number of rotatable bonds is 4. The summed E-state index contributed by atoms with van der Waals surface area (Å²) in [6, 6.07) is 7.43. The van der Waals surface area contributed by atoms with Crippen molar-refractivity contribution < 1.29 is 4.79 Å². The Labute approximate surface area is 152 Å². The minimum Gasteiger partial charge on any atom is -0.340 e. The molecule has 1 aromatic heterocycles. The van der Waals surface area contributed by atoms with Crippen LogP contribution in [-0.2, 0) is 0 Å². The van der Waals surface area contributed by atoms with Crippen LogP contribution in [0.2, 0.25) is 0 Å². The van der Waals surface area contributed by atoms with Crippen LogP contribution in [0.1, 0.15) is 43.0 Å². The molecule has 1 aromatic carbocycles. The van der Waals surface area contributed by atoms with E-state index in [1.807, 2.05) is 24.1 Å². The van der Waals surface area contributed by atoms with Crippen LogP contribution in [0, 0.1) is 0 Å². The van der Waals surface area contributed by atoms with Gasteiger partial charge in [0.2, 0.25) is 11.9 Å². The first-order valence-electron chi connectivity index (χ1n) is 9.09. The van der Waals surface area contributed by atoms with Gasteiger partial charge in [0, 0.05) is 37.3 Å². The Morgan fingerprint density at radius 1 is 1.12 bits per heavy atom. The van der Waals surface area contributed by atoms with Gasteiger partial charge in [-0.1, -0.05) is 0 Å². The Morgan fingerprint density at radius 2 is 1.88 bits per heavy atom. The highest BCUT2D eigenvalue weighted by Gasteiger charge is 2.17. The van der Waals surface area contributed by atoms with Gasteiger partial charge >= 0.3 is 0 Å². The van der Waals surface area contributed by atoms with Crippen molar-refractivity contribution in [1.82, 2.24) is 15.2 Å². The fraction of sp³-hybridized carbons (Fsp3) is 0.444. The normalized spacial score (nSPS) is 17.3. The Balaban J connectivity index is 1.39. The number of amides is 1. The van der Waals surface area contributed by atoms with Gasteiger partial charge in [-0.05, 0) is 50.5 Å². The minimum absolute atomic E-state index is 0.209. The van der Waals surface area contributed by atoms with Crippen LogP contribution < -0.4 is 15.2 Å². The van der Waals surface area contributed by atoms with Gasteiger partial charge < -0.3 is 4.90 Å². The van der Waals surface area contributed by atoms with Crippen LogP contribution in [0.4, 0.5) is 17.6 Å². The summed E-state index contributed by atoms with van der Waals surface area (Å²) in [6.45, 7) is 4.84. The van der Waals surface area contributed by atoms with E-state index in [9.17, 15) is 4.79 Å². The molecule has 2 N–H and O–H groups in total. The molecular weight excluding hydrogens is 330 g/mol. The maximum Gasteiger partial charge on any atom is 0.258 e. The topological polar surface area (TPSA) is 89.5 Å². The molecule has 2 aliphatic heterocycles. The van der Waals surface area contributed by atoms with Crippen LogP contribution in [0.15, 0.2) is 29.4 Å². The maximum atomic E-state index is 12.4. The summed E-state index contributed by atoms with van der Waals surface area (Å²) < 4.78 is 0. The molecule has 0 saturated carbocycles. The lowest BCUT2D eigenvalue weighted by molar-refractivity contribution is 0.102. The molecular formula is C18H23N7O. The summed E-state index contributed by atoms with van der Waals surface area (Å²) in [7, 11) is 0. The highest BCUT2D eigenvalue weighted by atomic mass is 16.1. The fourth-order valence-electron chi connectivity index (χ4n) is 3.27. The Bertz CT molecular complexity index is 805. The number of hydrogen-bond acceptors (Lipinski definition) is 6. The third-order valence-corrected chi connectivity index (χ3v) is 4.75. The van der Waals surface area contributed by atoms with Gasteiger partial charge in [0.1, 0.15) is 0 Å². The van der Waals surface area contributed by atoms with E-state index in [0.29, 0.717) is 17.5 Å². The van der Waals surface area contributed by atoms with Gasteiger partial charge in [-0.3, -0.25) is 15.1 Å². The number of nitrogens with one attached hydrogen (secondary N) is 2. The molecule has 0 bridgehead atoms. The largest absolute Gasteiger partial charge is 0.340 e. The van der Waals surface area contributed by atoms with Crippen LogP contribution in [-0.4, -0.2) is 46.4 Å². The number of aromatic amines is 1. The molecule has 8 nitrogen and oxygen atoms in total. The monoisotopic (exact) mass is 353 g/mol. The first-order chi connectivity index (χ1) is 12.7. The quantitative estimate of drug-likeness (QED) is 0.882. The first-order valence-corrected chi connectivity index (χ1v) is 9.09. The van der Waals surface area contributed by atoms with Gasteiger partial charge in [0.05, 0.1) is 5.69 Å². The molecule has 0 unspecified atom stereocenters. The minimum atomic E-state index is -0.209. The number of aromatic nitrogens is 3. The molecule has 2 aromatic rings. The van der Waals surface area contributed by atoms with Crippen molar-refractivity contribution in [2.75, 3.05) is 34.9 Å². The summed E-state index contributed by atoms with van der Waals surface area (Å²) in [6.07, 6.45) is 4.54. The van der Waals surface area contributed by atoms with Gasteiger partial charge in [0.15, 0.2) is 0 Å². The first kappa shape index (κ1) is 16.6. The Kier molecular flexibility index (Phi) is 4.55. The van der Waals surface area contributed by atoms with E-state index in [0.717, 1.165) is 50.3 Å². The van der Waals surface area contributed by atoms with Crippen LogP contribution in [0.25, 0.3) is 0 Å². The van der Waals surface area contributed by atoms with Crippen molar-refractivity contribution in [3.63, 3.8) is 0 Å². The number of carbonyl (C=O) groups is 1. The molecule has 4 rings (SSSR count). The smallest absolute Gasteiger partial charge is 0.258 e. The zero-order valence-corrected chi connectivity index (χ0v) is 14.9. The summed E-state index contributed by atoms with van der Waals surface area (Å²) in [5.74, 6) is 0.816. The molecule has 1 fully saturated rings. The van der Waals surface area contributed by atoms with E-state index >= 15 is 0 Å². The van der Waals surface area contributed by atoms with E-state index in [1.54, 1.807) is 12.1 Å². The van der Waals surface area contributed by atoms with Crippen LogP contribution in [0.3, 0.4) is 0 Å². The summed E-state index contributed by atoms with van der Waals surface area (Å²) >= 11 is 0. The molecule has 3 heterocycles. The van der Waals surface area contributed by atoms with Gasteiger partial charge in [-0.25, -0.2) is 5.10 Å². The maximum absolute atomic E-state index is 12.4. The van der Waals surface area contributed by atoms with Crippen molar-refractivity contribution in [2.45, 2.75) is 32.6 Å². The second kappa shape index (κ2) is 7.15. The van der Waals surface area contributed by atoms with E-state index in [-0.39, 0.29) is 5.91 Å². The lowest BCUT2D eigenvalue weighted by atomic mass is 10.1. The average molecular weight is 353 g/mol. The summed E-state index contributed by atoms with van der Waals surface area (Å²) in [5.41, 5.74) is 2.69. The molecule has 0 aliphatic carbocycles. The lowest BCUT2D eigenvalue weighted by Crippen LogP contribution is -2.30. The lowest BCUT2D eigenvalue weighted by Gasteiger charge is -2.24.